The topological polar surface area (TPSA) is 45.7 Å². The van der Waals surface area contributed by atoms with E-state index in [9.17, 15) is 4.79 Å². The highest BCUT2D eigenvalue weighted by Crippen LogP contribution is 2.33. The van der Waals surface area contributed by atoms with Crippen LogP contribution in [0.15, 0.2) is 41.3 Å². The van der Waals surface area contributed by atoms with E-state index in [1.165, 1.54) is 16.0 Å². The van der Waals surface area contributed by atoms with Gasteiger partial charge in [0.05, 0.1) is 23.4 Å². The maximum Gasteiger partial charge on any atom is 0.260 e. The van der Waals surface area contributed by atoms with Crippen molar-refractivity contribution < 1.29 is 9.53 Å². The molecule has 0 saturated carbocycles. The number of nitrogens with zero attached hydrogens (tertiary/aromatic N) is 3. The van der Waals surface area contributed by atoms with Crippen LogP contribution in [-0.2, 0) is 4.74 Å². The molecule has 32 heavy (non-hydrogen) atoms. The van der Waals surface area contributed by atoms with E-state index in [4.69, 9.17) is 9.72 Å². The largest absolute Gasteiger partial charge is 0.379 e. The van der Waals surface area contributed by atoms with E-state index < -0.39 is 0 Å². The lowest BCUT2D eigenvalue weighted by atomic mass is 10.1. The summed E-state index contributed by atoms with van der Waals surface area (Å²) in [4.78, 5) is 24.0. The average molecular weight is 470 g/mol. The molecule has 0 radical (unpaired) electrons. The SMILES string of the molecule is CCSc1ccc(C(=O)N(CCCN2CCOCC2)c2nc3c(C)c(C)ccc3s2)cc1. The van der Waals surface area contributed by atoms with Crippen molar-refractivity contribution in [1.82, 2.24) is 9.88 Å². The standard InChI is InChI=1S/C25H31N3O2S2/c1-4-31-21-9-7-20(8-10-21)24(29)28(13-5-12-27-14-16-30-17-15-27)25-26-23-19(3)18(2)6-11-22(23)32-25/h6-11H,4-5,12-17H2,1-3H3. The van der Waals surface area contributed by atoms with Gasteiger partial charge in [-0.25, -0.2) is 4.98 Å². The Kier molecular flexibility index (Phi) is 7.84. The Hall–Kier alpha value is -1.93. The van der Waals surface area contributed by atoms with Gasteiger partial charge in [-0.3, -0.25) is 14.6 Å². The maximum absolute atomic E-state index is 13.6. The summed E-state index contributed by atoms with van der Waals surface area (Å²) in [5, 5.41) is 0.785. The number of rotatable bonds is 8. The van der Waals surface area contributed by atoms with Crippen LogP contribution in [0.4, 0.5) is 5.13 Å². The third kappa shape index (κ3) is 5.34. The number of aromatic nitrogens is 1. The predicted octanol–water partition coefficient (Wildman–Crippen LogP) is 5.39. The molecule has 0 unspecified atom stereocenters. The van der Waals surface area contributed by atoms with Crippen LogP contribution in [-0.4, -0.2) is 60.9 Å². The molecule has 2 aromatic carbocycles. The first kappa shape index (κ1) is 23.2. The highest BCUT2D eigenvalue weighted by molar-refractivity contribution is 7.99. The van der Waals surface area contributed by atoms with Gasteiger partial charge in [0, 0.05) is 36.6 Å². The van der Waals surface area contributed by atoms with Crippen LogP contribution in [0.1, 0.15) is 34.8 Å². The van der Waals surface area contributed by atoms with Crippen molar-refractivity contribution >= 4 is 44.4 Å². The zero-order valence-electron chi connectivity index (χ0n) is 19.1. The van der Waals surface area contributed by atoms with Gasteiger partial charge in [-0.15, -0.1) is 11.8 Å². The third-order valence-electron chi connectivity index (χ3n) is 5.92. The Balaban J connectivity index is 1.58. The molecule has 0 aliphatic carbocycles. The first-order chi connectivity index (χ1) is 15.6. The lowest BCUT2D eigenvalue weighted by Gasteiger charge is -2.27. The van der Waals surface area contributed by atoms with E-state index in [2.05, 4.69) is 37.8 Å². The fourth-order valence-corrected chi connectivity index (χ4v) is 5.62. The summed E-state index contributed by atoms with van der Waals surface area (Å²) in [6.45, 7) is 11.5. The summed E-state index contributed by atoms with van der Waals surface area (Å²) in [7, 11) is 0. The van der Waals surface area contributed by atoms with Gasteiger partial charge in [-0.05, 0) is 67.5 Å². The zero-order chi connectivity index (χ0) is 22.5. The molecule has 1 saturated heterocycles. The molecule has 0 spiro atoms. The van der Waals surface area contributed by atoms with Crippen molar-refractivity contribution in [3.05, 3.63) is 53.1 Å². The monoisotopic (exact) mass is 469 g/mol. The third-order valence-corrected chi connectivity index (χ3v) is 7.86. The van der Waals surface area contributed by atoms with Crippen molar-refractivity contribution in [3.63, 3.8) is 0 Å². The van der Waals surface area contributed by atoms with Gasteiger partial charge in [0.2, 0.25) is 0 Å². The van der Waals surface area contributed by atoms with Crippen molar-refractivity contribution in [1.29, 1.82) is 0 Å². The Labute approximate surface area is 198 Å². The van der Waals surface area contributed by atoms with Gasteiger partial charge >= 0.3 is 0 Å². The van der Waals surface area contributed by atoms with Gasteiger partial charge < -0.3 is 4.74 Å². The Morgan fingerprint density at radius 3 is 2.62 bits per heavy atom. The van der Waals surface area contributed by atoms with Crippen LogP contribution in [0, 0.1) is 13.8 Å². The van der Waals surface area contributed by atoms with Gasteiger partial charge in [-0.1, -0.05) is 24.3 Å². The quantitative estimate of drug-likeness (QED) is 0.414. The summed E-state index contributed by atoms with van der Waals surface area (Å²) in [5.41, 5.74) is 4.13. The second-order valence-electron chi connectivity index (χ2n) is 8.07. The number of anilines is 1. The number of aryl methyl sites for hydroxylation is 2. The minimum absolute atomic E-state index is 0.0217. The molecular formula is C25H31N3O2S2. The second kappa shape index (κ2) is 10.8. The summed E-state index contributed by atoms with van der Waals surface area (Å²) in [5.74, 6) is 1.04. The van der Waals surface area contributed by atoms with E-state index in [1.54, 1.807) is 23.1 Å². The van der Waals surface area contributed by atoms with Crippen molar-refractivity contribution in [2.75, 3.05) is 50.0 Å². The molecule has 5 nitrogen and oxygen atoms in total. The molecule has 3 aromatic rings. The number of amides is 1. The smallest absolute Gasteiger partial charge is 0.260 e. The Morgan fingerprint density at radius 1 is 1.16 bits per heavy atom. The van der Waals surface area contributed by atoms with E-state index in [0.717, 1.165) is 60.4 Å². The predicted molar refractivity (Wildman–Crippen MR) is 135 cm³/mol. The van der Waals surface area contributed by atoms with Crippen LogP contribution < -0.4 is 4.90 Å². The number of benzene rings is 2. The van der Waals surface area contributed by atoms with Crippen molar-refractivity contribution in [3.8, 4) is 0 Å². The van der Waals surface area contributed by atoms with E-state index in [1.807, 2.05) is 29.2 Å². The van der Waals surface area contributed by atoms with Crippen molar-refractivity contribution in [2.45, 2.75) is 32.1 Å². The molecular weight excluding hydrogens is 438 g/mol. The summed E-state index contributed by atoms with van der Waals surface area (Å²) in [6.07, 6.45) is 0.906. The minimum atomic E-state index is 0.0217. The fourth-order valence-electron chi connectivity index (χ4n) is 3.91. The summed E-state index contributed by atoms with van der Waals surface area (Å²) < 4.78 is 6.59. The number of carbonyl (C=O) groups is 1. The molecule has 2 heterocycles. The Morgan fingerprint density at radius 2 is 1.91 bits per heavy atom. The highest BCUT2D eigenvalue weighted by Gasteiger charge is 2.22. The fraction of sp³-hybridized carbons (Fsp3) is 0.440. The van der Waals surface area contributed by atoms with Gasteiger partial charge in [0.1, 0.15) is 0 Å². The van der Waals surface area contributed by atoms with Crippen LogP contribution >= 0.6 is 23.1 Å². The van der Waals surface area contributed by atoms with Gasteiger partial charge in [-0.2, -0.15) is 0 Å². The molecule has 7 heteroatoms. The number of hydrogen-bond acceptors (Lipinski definition) is 6. The lowest BCUT2D eigenvalue weighted by molar-refractivity contribution is 0.0376. The number of thioether (sulfide) groups is 1. The van der Waals surface area contributed by atoms with E-state index in [-0.39, 0.29) is 5.91 Å². The summed E-state index contributed by atoms with van der Waals surface area (Å²) >= 11 is 3.39. The summed E-state index contributed by atoms with van der Waals surface area (Å²) in [6, 6.07) is 12.2. The van der Waals surface area contributed by atoms with Gasteiger partial charge in [0.15, 0.2) is 5.13 Å². The molecule has 0 N–H and O–H groups in total. The number of carbonyl (C=O) groups excluding carboxylic acids is 1. The maximum atomic E-state index is 13.6. The van der Waals surface area contributed by atoms with Crippen LogP contribution in [0.25, 0.3) is 10.2 Å². The van der Waals surface area contributed by atoms with Crippen LogP contribution in [0.3, 0.4) is 0 Å². The normalized spacial score (nSPS) is 14.7. The molecule has 1 aliphatic rings. The van der Waals surface area contributed by atoms with E-state index >= 15 is 0 Å². The molecule has 0 atom stereocenters. The highest BCUT2D eigenvalue weighted by atomic mass is 32.2. The molecule has 1 aromatic heterocycles. The van der Waals surface area contributed by atoms with Crippen molar-refractivity contribution in [2.24, 2.45) is 0 Å². The lowest BCUT2D eigenvalue weighted by Crippen LogP contribution is -2.39. The minimum Gasteiger partial charge on any atom is -0.379 e. The van der Waals surface area contributed by atoms with Crippen LogP contribution in [0.2, 0.25) is 0 Å². The number of fused-ring (bicyclic) bond motifs is 1. The van der Waals surface area contributed by atoms with E-state index in [0.29, 0.717) is 12.1 Å². The zero-order valence-corrected chi connectivity index (χ0v) is 20.7. The molecule has 4 rings (SSSR count). The second-order valence-corrected chi connectivity index (χ2v) is 10.4. The number of thiazole rings is 1. The molecule has 1 fully saturated rings. The average Bonchev–Trinajstić information content (AvgIpc) is 3.25. The first-order valence-corrected chi connectivity index (χ1v) is 13.1. The molecule has 170 valence electrons. The number of hydrogen-bond donors (Lipinski definition) is 0. The number of ether oxygens (including phenoxy) is 1. The first-order valence-electron chi connectivity index (χ1n) is 11.3. The molecule has 0 bridgehead atoms. The number of morpholine rings is 1. The van der Waals surface area contributed by atoms with Gasteiger partial charge in [0.25, 0.3) is 5.91 Å². The Bertz CT molecular complexity index is 1060. The van der Waals surface area contributed by atoms with Crippen LogP contribution in [0.5, 0.6) is 0 Å². The molecule has 1 amide bonds. The molecule has 1 aliphatic heterocycles.